The van der Waals surface area contributed by atoms with Crippen molar-refractivity contribution in [3.8, 4) is 16.9 Å². The van der Waals surface area contributed by atoms with E-state index in [1.807, 2.05) is 5.32 Å². The number of carbonyl (C=O) groups is 1. The summed E-state index contributed by atoms with van der Waals surface area (Å²) in [5.41, 5.74) is -2.14. The topological polar surface area (TPSA) is 71.8 Å². The van der Waals surface area contributed by atoms with E-state index in [0.717, 1.165) is 4.47 Å². The highest BCUT2D eigenvalue weighted by molar-refractivity contribution is 9.10. The van der Waals surface area contributed by atoms with Gasteiger partial charge in [-0.2, -0.15) is 31.4 Å². The van der Waals surface area contributed by atoms with Gasteiger partial charge in [0, 0.05) is 34.2 Å². The number of alkyl halides is 6. The van der Waals surface area contributed by atoms with E-state index in [2.05, 4.69) is 31.3 Å². The van der Waals surface area contributed by atoms with Crippen LogP contribution >= 0.6 is 15.9 Å². The van der Waals surface area contributed by atoms with E-state index in [1.165, 1.54) is 10.7 Å². The molecule has 36 heavy (non-hydrogen) atoms. The number of urea groups is 1. The van der Waals surface area contributed by atoms with Gasteiger partial charge in [0.2, 0.25) is 0 Å². The van der Waals surface area contributed by atoms with Crippen LogP contribution in [0.15, 0.2) is 77.5 Å². The Balaban J connectivity index is 1.67. The Morgan fingerprint density at radius 2 is 1.39 bits per heavy atom. The number of anilines is 2. The molecule has 186 valence electrons. The fourth-order valence-electron chi connectivity index (χ4n) is 3.22. The van der Waals surface area contributed by atoms with Gasteiger partial charge in [-0.25, -0.2) is 9.48 Å². The van der Waals surface area contributed by atoms with Gasteiger partial charge in [0.1, 0.15) is 5.82 Å². The number of benzene rings is 2. The maximum Gasteiger partial charge on any atom is 0.416 e. The Kier molecular flexibility index (Phi) is 6.76. The van der Waals surface area contributed by atoms with Gasteiger partial charge in [0.05, 0.1) is 22.5 Å². The van der Waals surface area contributed by atoms with Crippen LogP contribution < -0.4 is 10.6 Å². The van der Waals surface area contributed by atoms with Crippen LogP contribution in [0.25, 0.3) is 16.9 Å². The molecule has 0 aliphatic rings. The number of amides is 2. The van der Waals surface area contributed by atoms with Crippen molar-refractivity contribution in [2.75, 3.05) is 10.6 Å². The van der Waals surface area contributed by atoms with E-state index < -0.39 is 35.2 Å². The highest BCUT2D eigenvalue weighted by atomic mass is 79.9. The van der Waals surface area contributed by atoms with Gasteiger partial charge < -0.3 is 5.32 Å². The smallest absolute Gasteiger partial charge is 0.308 e. The molecule has 6 nitrogen and oxygen atoms in total. The van der Waals surface area contributed by atoms with Gasteiger partial charge in [-0.15, -0.1) is 0 Å². The molecule has 0 aliphatic heterocycles. The SMILES string of the molecule is O=C(Nc1cc(C(F)(F)F)cc(C(F)(F)F)c1)Nc1cc(-c2ccncc2)nn1-c1ccc(Br)cc1. The number of hydrogen-bond acceptors (Lipinski definition) is 3. The fourth-order valence-corrected chi connectivity index (χ4v) is 3.48. The summed E-state index contributed by atoms with van der Waals surface area (Å²) in [5.74, 6) is 0.115. The van der Waals surface area contributed by atoms with E-state index in [9.17, 15) is 31.1 Å². The molecule has 0 fully saturated rings. The van der Waals surface area contributed by atoms with Crippen LogP contribution in [0.5, 0.6) is 0 Å². The van der Waals surface area contributed by atoms with E-state index in [1.54, 1.807) is 48.8 Å². The first-order valence-electron chi connectivity index (χ1n) is 10.0. The zero-order valence-corrected chi connectivity index (χ0v) is 19.4. The second-order valence-electron chi connectivity index (χ2n) is 7.41. The minimum atomic E-state index is -5.05. The number of nitrogens with zero attached hydrogens (tertiary/aromatic N) is 3. The lowest BCUT2D eigenvalue weighted by molar-refractivity contribution is -0.143. The lowest BCUT2D eigenvalue weighted by Gasteiger charge is -2.15. The van der Waals surface area contributed by atoms with Crippen molar-refractivity contribution < 1.29 is 31.1 Å². The number of carbonyl (C=O) groups excluding carboxylic acids is 1. The monoisotopic (exact) mass is 569 g/mol. The first-order valence-corrected chi connectivity index (χ1v) is 10.8. The quantitative estimate of drug-likeness (QED) is 0.252. The molecule has 4 aromatic rings. The Bertz CT molecular complexity index is 1350. The minimum Gasteiger partial charge on any atom is -0.308 e. The predicted molar refractivity (Wildman–Crippen MR) is 124 cm³/mol. The molecule has 0 radical (unpaired) electrons. The second-order valence-corrected chi connectivity index (χ2v) is 8.33. The molecule has 0 unspecified atom stereocenters. The zero-order chi connectivity index (χ0) is 26.1. The van der Waals surface area contributed by atoms with Crippen molar-refractivity contribution in [1.29, 1.82) is 0 Å². The lowest BCUT2D eigenvalue weighted by Crippen LogP contribution is -2.22. The van der Waals surface area contributed by atoms with Gasteiger partial charge >= 0.3 is 18.4 Å². The maximum absolute atomic E-state index is 13.1. The minimum absolute atomic E-state index is 0.0211. The maximum atomic E-state index is 13.1. The van der Waals surface area contributed by atoms with Crippen LogP contribution in [0.4, 0.5) is 42.6 Å². The Hall–Kier alpha value is -3.87. The Morgan fingerprint density at radius 3 is 1.94 bits per heavy atom. The summed E-state index contributed by atoms with van der Waals surface area (Å²) in [6, 6.07) is 11.5. The number of hydrogen-bond donors (Lipinski definition) is 2. The third-order valence-electron chi connectivity index (χ3n) is 4.84. The van der Waals surface area contributed by atoms with Gasteiger partial charge in [-0.1, -0.05) is 15.9 Å². The number of halogens is 7. The first-order chi connectivity index (χ1) is 16.9. The highest BCUT2D eigenvalue weighted by Crippen LogP contribution is 2.37. The van der Waals surface area contributed by atoms with Crippen molar-refractivity contribution >= 4 is 33.5 Å². The molecule has 13 heteroatoms. The van der Waals surface area contributed by atoms with E-state index in [0.29, 0.717) is 29.1 Å². The molecule has 0 spiro atoms. The van der Waals surface area contributed by atoms with Crippen LogP contribution in [-0.4, -0.2) is 20.8 Å². The first kappa shape index (κ1) is 25.2. The molecule has 2 heterocycles. The largest absolute Gasteiger partial charge is 0.416 e. The summed E-state index contributed by atoms with van der Waals surface area (Å²) >= 11 is 3.32. The average molecular weight is 570 g/mol. The molecule has 4 rings (SSSR count). The molecule has 2 amide bonds. The van der Waals surface area contributed by atoms with E-state index >= 15 is 0 Å². The third-order valence-corrected chi connectivity index (χ3v) is 5.37. The predicted octanol–water partition coefficient (Wildman–Crippen LogP) is 7.38. The Morgan fingerprint density at radius 1 is 0.806 bits per heavy atom. The number of aromatic nitrogens is 3. The van der Waals surface area contributed by atoms with Crippen LogP contribution in [0, 0.1) is 0 Å². The molecule has 2 aromatic heterocycles. The molecule has 0 saturated heterocycles. The van der Waals surface area contributed by atoms with Gasteiger partial charge in [0.25, 0.3) is 0 Å². The summed E-state index contributed by atoms with van der Waals surface area (Å²) in [6.45, 7) is 0. The number of nitrogens with one attached hydrogen (secondary N) is 2. The number of pyridine rings is 1. The molecule has 2 aromatic carbocycles. The van der Waals surface area contributed by atoms with Crippen LogP contribution in [0.1, 0.15) is 11.1 Å². The number of rotatable bonds is 4. The average Bonchev–Trinajstić information content (AvgIpc) is 3.22. The summed E-state index contributed by atoms with van der Waals surface area (Å²) in [6.07, 6.45) is -7.01. The molecule has 0 aliphatic carbocycles. The van der Waals surface area contributed by atoms with Gasteiger partial charge in [-0.05, 0) is 54.6 Å². The highest BCUT2D eigenvalue weighted by Gasteiger charge is 2.37. The summed E-state index contributed by atoms with van der Waals surface area (Å²) in [7, 11) is 0. The van der Waals surface area contributed by atoms with Crippen molar-refractivity contribution in [3.63, 3.8) is 0 Å². The molecule has 0 atom stereocenters. The zero-order valence-electron chi connectivity index (χ0n) is 17.8. The van der Waals surface area contributed by atoms with Crippen LogP contribution in [0.2, 0.25) is 0 Å². The van der Waals surface area contributed by atoms with Crippen LogP contribution in [0.3, 0.4) is 0 Å². The summed E-state index contributed by atoms with van der Waals surface area (Å²) in [5, 5.41) is 8.95. The van der Waals surface area contributed by atoms with Crippen LogP contribution in [-0.2, 0) is 12.4 Å². The fraction of sp³-hybridized carbons (Fsp3) is 0.0870. The normalized spacial score (nSPS) is 11.9. The van der Waals surface area contributed by atoms with Crippen molar-refractivity contribution in [2.45, 2.75) is 12.4 Å². The van der Waals surface area contributed by atoms with E-state index in [-0.39, 0.29) is 11.9 Å². The molecule has 2 N–H and O–H groups in total. The van der Waals surface area contributed by atoms with Crippen molar-refractivity contribution in [1.82, 2.24) is 14.8 Å². The van der Waals surface area contributed by atoms with Crippen molar-refractivity contribution in [3.05, 3.63) is 88.7 Å². The summed E-state index contributed by atoms with van der Waals surface area (Å²) < 4.78 is 81.0. The second kappa shape index (κ2) is 9.64. The molecule has 0 bridgehead atoms. The molecular formula is C23H14BrF6N5O. The summed E-state index contributed by atoms with van der Waals surface area (Å²) in [4.78, 5) is 16.6. The Labute approximate surface area is 208 Å². The molecular weight excluding hydrogens is 556 g/mol. The standard InChI is InChI=1S/C23H14BrF6N5O/c24-16-1-3-18(4-2-16)35-20(12-19(34-35)13-5-7-31-8-6-13)33-21(36)32-17-10-14(22(25,26)27)9-15(11-17)23(28,29)30/h1-12H,(H2,32,33,36). The van der Waals surface area contributed by atoms with Gasteiger partial charge in [-0.3, -0.25) is 10.3 Å². The van der Waals surface area contributed by atoms with Crippen molar-refractivity contribution in [2.24, 2.45) is 0 Å². The van der Waals surface area contributed by atoms with Gasteiger partial charge in [0.15, 0.2) is 0 Å². The van der Waals surface area contributed by atoms with E-state index in [4.69, 9.17) is 0 Å². The lowest BCUT2D eigenvalue weighted by atomic mass is 10.1. The third kappa shape index (κ3) is 5.85. The molecule has 0 saturated carbocycles.